The fraction of sp³-hybridized carbons (Fsp3) is 0.579. The van der Waals surface area contributed by atoms with E-state index in [0.29, 0.717) is 6.04 Å². The van der Waals surface area contributed by atoms with Crippen LogP contribution in [0.1, 0.15) is 57.9 Å². The van der Waals surface area contributed by atoms with Gasteiger partial charge in [0.1, 0.15) is 0 Å². The Hall–Kier alpha value is -1.08. The molecule has 1 aromatic rings. The van der Waals surface area contributed by atoms with Gasteiger partial charge in [0.05, 0.1) is 0 Å². The molecular weight excluding hydrogens is 242 g/mol. The molecule has 2 rings (SSSR count). The maximum absolute atomic E-state index is 2.64. The normalized spacial score (nSPS) is 17.1. The minimum atomic E-state index is 0.666. The molecule has 0 radical (unpaired) electrons. The second kappa shape index (κ2) is 8.26. The van der Waals surface area contributed by atoms with Crippen LogP contribution in [-0.4, -0.2) is 17.5 Å². The zero-order valence-electron chi connectivity index (χ0n) is 13.1. The summed E-state index contributed by atoms with van der Waals surface area (Å²) in [6.45, 7) is 6.94. The van der Waals surface area contributed by atoms with Crippen LogP contribution in [0.15, 0.2) is 42.0 Å². The number of benzene rings is 1. The first kappa shape index (κ1) is 15.3. The maximum atomic E-state index is 2.64. The van der Waals surface area contributed by atoms with Crippen LogP contribution in [0, 0.1) is 0 Å². The van der Waals surface area contributed by atoms with E-state index in [2.05, 4.69) is 55.2 Å². The molecule has 0 aromatic heterocycles. The molecule has 1 aliphatic carbocycles. The molecule has 0 spiro atoms. The lowest BCUT2D eigenvalue weighted by atomic mass is 9.97. The first-order valence-electron chi connectivity index (χ1n) is 8.25. The smallest absolute Gasteiger partial charge is 0.0236 e. The molecule has 110 valence electrons. The van der Waals surface area contributed by atoms with E-state index in [1.807, 2.05) is 0 Å². The van der Waals surface area contributed by atoms with Gasteiger partial charge in [-0.2, -0.15) is 0 Å². The Labute approximate surface area is 124 Å². The van der Waals surface area contributed by atoms with Crippen molar-refractivity contribution >= 4 is 0 Å². The van der Waals surface area contributed by atoms with Gasteiger partial charge < -0.3 is 0 Å². The molecule has 0 bridgehead atoms. The largest absolute Gasteiger partial charge is 0.296 e. The summed E-state index contributed by atoms with van der Waals surface area (Å²) in [5.74, 6) is 0. The molecule has 20 heavy (non-hydrogen) atoms. The third kappa shape index (κ3) is 4.79. The predicted molar refractivity (Wildman–Crippen MR) is 87.8 cm³/mol. The molecule has 1 atom stereocenters. The summed E-state index contributed by atoms with van der Waals surface area (Å²) in [5, 5.41) is 0. The van der Waals surface area contributed by atoms with Gasteiger partial charge in [-0.1, -0.05) is 48.9 Å². The zero-order chi connectivity index (χ0) is 14.2. The van der Waals surface area contributed by atoms with Crippen LogP contribution >= 0.6 is 0 Å². The van der Waals surface area contributed by atoms with E-state index < -0.39 is 0 Å². The Bertz CT molecular complexity index is 407. The Balaban J connectivity index is 1.91. The van der Waals surface area contributed by atoms with Gasteiger partial charge in [-0.05, 0) is 51.0 Å². The lowest BCUT2D eigenvalue weighted by molar-refractivity contribution is 0.196. The van der Waals surface area contributed by atoms with E-state index in [4.69, 9.17) is 0 Å². The monoisotopic (exact) mass is 271 g/mol. The highest BCUT2D eigenvalue weighted by Crippen LogP contribution is 2.21. The van der Waals surface area contributed by atoms with Gasteiger partial charge in [0.25, 0.3) is 0 Å². The summed E-state index contributed by atoms with van der Waals surface area (Å²) in [6, 6.07) is 11.6. The highest BCUT2D eigenvalue weighted by Gasteiger charge is 2.13. The van der Waals surface area contributed by atoms with Crippen molar-refractivity contribution in [3.8, 4) is 0 Å². The zero-order valence-corrected chi connectivity index (χ0v) is 13.1. The van der Waals surface area contributed by atoms with E-state index >= 15 is 0 Å². The van der Waals surface area contributed by atoms with E-state index in [1.54, 1.807) is 5.57 Å². The fourth-order valence-corrected chi connectivity index (χ4v) is 2.95. The molecule has 1 nitrogen and oxygen atoms in total. The quantitative estimate of drug-likeness (QED) is 0.618. The molecule has 0 fully saturated rings. The number of rotatable bonds is 7. The molecule has 1 heteroatoms. The molecular formula is C19H29N. The Morgan fingerprint density at radius 3 is 2.60 bits per heavy atom. The predicted octanol–water partition coefficient (Wildman–Crippen LogP) is 5.18. The van der Waals surface area contributed by atoms with Crippen molar-refractivity contribution in [1.82, 2.24) is 4.90 Å². The highest BCUT2D eigenvalue weighted by atomic mass is 15.1. The van der Waals surface area contributed by atoms with E-state index in [-0.39, 0.29) is 0 Å². The SMILES string of the molecule is CC[C@H](C)N(CCC1=CCCCC1)Cc1ccccc1. The van der Waals surface area contributed by atoms with Crippen LogP contribution in [0.3, 0.4) is 0 Å². The molecule has 0 unspecified atom stereocenters. The molecule has 1 aromatic carbocycles. The maximum Gasteiger partial charge on any atom is 0.0236 e. The summed E-state index contributed by atoms with van der Waals surface area (Å²) in [7, 11) is 0. The third-order valence-electron chi connectivity index (χ3n) is 4.55. The van der Waals surface area contributed by atoms with Crippen molar-refractivity contribution < 1.29 is 0 Å². The van der Waals surface area contributed by atoms with E-state index in [0.717, 1.165) is 6.54 Å². The fourth-order valence-electron chi connectivity index (χ4n) is 2.95. The minimum Gasteiger partial charge on any atom is -0.296 e. The van der Waals surface area contributed by atoms with Crippen LogP contribution in [-0.2, 0) is 6.54 Å². The molecule has 0 heterocycles. The second-order valence-corrected chi connectivity index (χ2v) is 6.07. The lowest BCUT2D eigenvalue weighted by Crippen LogP contribution is -2.33. The molecule has 0 aliphatic heterocycles. The first-order valence-corrected chi connectivity index (χ1v) is 8.25. The number of hydrogen-bond donors (Lipinski definition) is 0. The van der Waals surface area contributed by atoms with Gasteiger partial charge in [-0.25, -0.2) is 0 Å². The van der Waals surface area contributed by atoms with Crippen LogP contribution in [0.5, 0.6) is 0 Å². The van der Waals surface area contributed by atoms with Crippen molar-refractivity contribution in [3.63, 3.8) is 0 Å². The second-order valence-electron chi connectivity index (χ2n) is 6.07. The number of nitrogens with zero attached hydrogens (tertiary/aromatic N) is 1. The van der Waals surface area contributed by atoms with Crippen molar-refractivity contribution in [2.75, 3.05) is 6.54 Å². The first-order chi connectivity index (χ1) is 9.79. The summed E-state index contributed by atoms with van der Waals surface area (Å²) >= 11 is 0. The van der Waals surface area contributed by atoms with Gasteiger partial charge in [-0.15, -0.1) is 0 Å². The number of allylic oxidation sites excluding steroid dienone is 1. The van der Waals surface area contributed by atoms with Gasteiger partial charge in [0, 0.05) is 19.1 Å². The summed E-state index contributed by atoms with van der Waals surface area (Å²) in [4.78, 5) is 2.64. The third-order valence-corrected chi connectivity index (χ3v) is 4.55. The van der Waals surface area contributed by atoms with Crippen LogP contribution in [0.4, 0.5) is 0 Å². The van der Waals surface area contributed by atoms with E-state index in [1.165, 1.54) is 50.6 Å². The summed E-state index contributed by atoms with van der Waals surface area (Å²) in [6.07, 6.45) is 10.4. The topological polar surface area (TPSA) is 3.24 Å². The van der Waals surface area contributed by atoms with Crippen molar-refractivity contribution in [2.24, 2.45) is 0 Å². The van der Waals surface area contributed by atoms with Crippen LogP contribution in [0.2, 0.25) is 0 Å². The lowest BCUT2D eigenvalue weighted by Gasteiger charge is -2.29. The molecule has 0 saturated heterocycles. The summed E-state index contributed by atoms with van der Waals surface area (Å²) < 4.78 is 0. The van der Waals surface area contributed by atoms with Crippen LogP contribution in [0.25, 0.3) is 0 Å². The highest BCUT2D eigenvalue weighted by molar-refractivity contribution is 5.14. The average Bonchev–Trinajstić information content (AvgIpc) is 2.52. The van der Waals surface area contributed by atoms with E-state index in [9.17, 15) is 0 Å². The van der Waals surface area contributed by atoms with Gasteiger partial charge in [0.15, 0.2) is 0 Å². The molecule has 0 N–H and O–H groups in total. The Morgan fingerprint density at radius 1 is 1.15 bits per heavy atom. The minimum absolute atomic E-state index is 0.666. The van der Waals surface area contributed by atoms with Gasteiger partial charge >= 0.3 is 0 Å². The number of hydrogen-bond acceptors (Lipinski definition) is 1. The van der Waals surface area contributed by atoms with Gasteiger partial charge in [0.2, 0.25) is 0 Å². The molecule has 1 aliphatic rings. The van der Waals surface area contributed by atoms with Crippen molar-refractivity contribution in [3.05, 3.63) is 47.5 Å². The Morgan fingerprint density at radius 2 is 1.95 bits per heavy atom. The summed E-state index contributed by atoms with van der Waals surface area (Å²) in [5.41, 5.74) is 3.13. The average molecular weight is 271 g/mol. The van der Waals surface area contributed by atoms with Crippen molar-refractivity contribution in [1.29, 1.82) is 0 Å². The molecule has 0 saturated carbocycles. The Kier molecular flexibility index (Phi) is 6.32. The van der Waals surface area contributed by atoms with Gasteiger partial charge in [-0.3, -0.25) is 4.90 Å². The van der Waals surface area contributed by atoms with Crippen LogP contribution < -0.4 is 0 Å². The van der Waals surface area contributed by atoms with Crippen molar-refractivity contribution in [2.45, 2.75) is 65.0 Å². The standard InChI is InChI=1S/C19H29N/c1-3-17(2)20(16-19-12-8-5-9-13-19)15-14-18-10-6-4-7-11-18/h5,8-10,12-13,17H,3-4,6-7,11,14-16H2,1-2H3/t17-/m0/s1. The molecule has 0 amide bonds.